The molecule has 2 bridgehead atoms. The number of rotatable bonds is 6. The first-order valence-electron chi connectivity index (χ1n) is 12.4. The van der Waals surface area contributed by atoms with Crippen LogP contribution in [0.25, 0.3) is 10.9 Å². The Balaban J connectivity index is 1.53. The second kappa shape index (κ2) is 9.16. The number of hydrogen-bond acceptors (Lipinski definition) is 6. The van der Waals surface area contributed by atoms with E-state index in [1.807, 2.05) is 18.2 Å². The average Bonchev–Trinajstić information content (AvgIpc) is 2.87. The zero-order valence-corrected chi connectivity index (χ0v) is 19.4. The molecule has 0 radical (unpaired) electrons. The van der Waals surface area contributed by atoms with Crippen molar-refractivity contribution in [1.82, 2.24) is 9.88 Å². The Morgan fingerprint density at radius 1 is 1.19 bits per heavy atom. The number of aliphatic hydroxyl groups is 2. The molecule has 6 rings (SSSR count). The van der Waals surface area contributed by atoms with E-state index >= 15 is 0 Å². The van der Waals surface area contributed by atoms with E-state index in [9.17, 15) is 10.2 Å². The van der Waals surface area contributed by atoms with E-state index in [2.05, 4.69) is 22.8 Å². The second-order valence-corrected chi connectivity index (χ2v) is 10.0. The van der Waals surface area contributed by atoms with Crippen LogP contribution < -0.4 is 9.64 Å². The van der Waals surface area contributed by atoms with E-state index in [-0.39, 0.29) is 18.6 Å². The summed E-state index contributed by atoms with van der Waals surface area (Å²) in [7, 11) is 1.68. The zero-order valence-electron chi connectivity index (χ0n) is 19.4. The second-order valence-electron chi connectivity index (χ2n) is 10.0. The van der Waals surface area contributed by atoms with E-state index in [0.717, 1.165) is 85.3 Å². The van der Waals surface area contributed by atoms with E-state index in [4.69, 9.17) is 9.72 Å². The summed E-state index contributed by atoms with van der Waals surface area (Å²) in [6, 6.07) is 8.23. The number of ether oxygens (including phenoxy) is 1. The van der Waals surface area contributed by atoms with Gasteiger partial charge in [-0.3, -0.25) is 4.90 Å². The number of piperidine rings is 4. The largest absolute Gasteiger partial charge is 0.497 e. The maximum Gasteiger partial charge on any atom is 0.129 e. The summed E-state index contributed by atoms with van der Waals surface area (Å²) in [6.45, 7) is 6.46. The summed E-state index contributed by atoms with van der Waals surface area (Å²) in [5, 5.41) is 22.4. The van der Waals surface area contributed by atoms with Gasteiger partial charge in [0.25, 0.3) is 0 Å². The van der Waals surface area contributed by atoms with Crippen molar-refractivity contribution >= 4 is 16.7 Å². The molecule has 1 aromatic carbocycles. The van der Waals surface area contributed by atoms with Gasteiger partial charge in [0.1, 0.15) is 11.6 Å². The van der Waals surface area contributed by atoms with Gasteiger partial charge in [-0.25, -0.2) is 4.98 Å². The Bertz CT molecular complexity index is 951. The fourth-order valence-electron chi connectivity index (χ4n) is 6.35. The van der Waals surface area contributed by atoms with E-state index < -0.39 is 6.10 Å². The first-order valence-corrected chi connectivity index (χ1v) is 12.4. The minimum atomic E-state index is -0.551. The van der Waals surface area contributed by atoms with E-state index in [1.54, 1.807) is 7.11 Å². The summed E-state index contributed by atoms with van der Waals surface area (Å²) in [6.07, 6.45) is 5.12. The van der Waals surface area contributed by atoms with Crippen molar-refractivity contribution in [2.24, 2.45) is 17.8 Å². The molecule has 4 aliphatic rings. The maximum absolute atomic E-state index is 11.7. The Hall–Kier alpha value is -1.89. The quantitative estimate of drug-likeness (QED) is 0.717. The van der Waals surface area contributed by atoms with Gasteiger partial charge in [0.2, 0.25) is 0 Å². The highest BCUT2D eigenvalue weighted by atomic mass is 16.5. The van der Waals surface area contributed by atoms with E-state index in [0.29, 0.717) is 0 Å². The van der Waals surface area contributed by atoms with Gasteiger partial charge in [0.15, 0.2) is 0 Å². The Labute approximate surface area is 191 Å². The van der Waals surface area contributed by atoms with Crippen molar-refractivity contribution in [3.8, 4) is 5.75 Å². The number of aliphatic hydroxyl groups excluding tert-OH is 2. The molecular formula is C26H37N3O3. The molecule has 6 heteroatoms. The number of methoxy groups -OCH3 is 1. The minimum absolute atomic E-state index is 0.160. The molecule has 1 aromatic heterocycles. The Morgan fingerprint density at radius 2 is 2.06 bits per heavy atom. The lowest BCUT2D eigenvalue weighted by Gasteiger charge is -2.51. The summed E-state index contributed by atoms with van der Waals surface area (Å²) in [5.74, 6) is 3.48. The number of hydrogen-bond donors (Lipinski definition) is 2. The van der Waals surface area contributed by atoms with Crippen LogP contribution >= 0.6 is 0 Å². The third kappa shape index (κ3) is 3.97. The number of benzene rings is 1. The van der Waals surface area contributed by atoms with E-state index in [1.165, 1.54) is 12.8 Å². The fraction of sp³-hybridized carbons (Fsp3) is 0.654. The molecule has 6 atom stereocenters. The van der Waals surface area contributed by atoms with Crippen molar-refractivity contribution in [2.45, 2.75) is 51.2 Å². The Morgan fingerprint density at radius 3 is 2.78 bits per heavy atom. The molecular weight excluding hydrogens is 402 g/mol. The number of fused-ring (bicyclic) bond motifs is 4. The molecule has 0 spiro atoms. The highest BCUT2D eigenvalue weighted by Gasteiger charge is 2.42. The molecule has 4 fully saturated rings. The predicted octanol–water partition coefficient (Wildman–Crippen LogP) is 3.61. The summed E-state index contributed by atoms with van der Waals surface area (Å²) >= 11 is 0. The molecule has 4 saturated heterocycles. The van der Waals surface area contributed by atoms with Crippen molar-refractivity contribution in [3.05, 3.63) is 29.8 Å². The standard InChI is InChI=1S/C26H37N3O3/c1-3-18-15-28-10-8-19(18)11-24(28)26(31)22-13-25(29-9-4-5-17(14-29)16-30)27-23-7-6-20(32-2)12-21(22)23/h6-7,12-13,17-19,24,26,30-31H,3-5,8-11,14-16H2,1-2H3/t17?,18-,19-,24-,26+/m0/s1. The zero-order chi connectivity index (χ0) is 22.2. The van der Waals surface area contributed by atoms with Crippen LogP contribution in [0.15, 0.2) is 24.3 Å². The van der Waals surface area contributed by atoms with Gasteiger partial charge < -0.3 is 19.8 Å². The molecule has 2 aromatic rings. The van der Waals surface area contributed by atoms with Gasteiger partial charge in [-0.2, -0.15) is 0 Å². The first kappa shape index (κ1) is 21.9. The molecule has 0 aliphatic carbocycles. The van der Waals surface area contributed by atoms with Crippen LogP contribution in [0.5, 0.6) is 5.75 Å². The lowest BCUT2D eigenvalue weighted by Crippen LogP contribution is -2.55. The fourth-order valence-corrected chi connectivity index (χ4v) is 6.35. The van der Waals surface area contributed by atoms with Crippen LogP contribution in [0.1, 0.15) is 50.7 Å². The van der Waals surface area contributed by atoms with Crippen molar-refractivity contribution in [3.63, 3.8) is 0 Å². The Kier molecular flexibility index (Phi) is 6.28. The number of aromatic nitrogens is 1. The van der Waals surface area contributed by atoms with Gasteiger partial charge in [-0.05, 0) is 79.8 Å². The topological polar surface area (TPSA) is 69.1 Å². The molecule has 2 unspecified atom stereocenters. The molecule has 32 heavy (non-hydrogen) atoms. The highest BCUT2D eigenvalue weighted by molar-refractivity contribution is 5.86. The van der Waals surface area contributed by atoms with Crippen molar-refractivity contribution < 1.29 is 14.9 Å². The molecule has 0 saturated carbocycles. The van der Waals surface area contributed by atoms with Gasteiger partial charge >= 0.3 is 0 Å². The van der Waals surface area contributed by atoms with Crippen LogP contribution in [-0.4, -0.2) is 66.0 Å². The van der Waals surface area contributed by atoms with Gasteiger partial charge in [0.05, 0.1) is 18.7 Å². The predicted molar refractivity (Wildman–Crippen MR) is 127 cm³/mol. The number of pyridine rings is 1. The SMILES string of the molecule is CC[C@H]1CN2CC[C@H]1C[C@H]2[C@H](O)c1cc(N2CCCC(CO)C2)nc2ccc(OC)cc12. The van der Waals surface area contributed by atoms with Gasteiger partial charge in [-0.1, -0.05) is 13.3 Å². The monoisotopic (exact) mass is 439 g/mol. The van der Waals surface area contributed by atoms with Crippen LogP contribution in [0.2, 0.25) is 0 Å². The van der Waals surface area contributed by atoms with Crippen LogP contribution in [0.4, 0.5) is 5.82 Å². The smallest absolute Gasteiger partial charge is 0.129 e. The average molecular weight is 440 g/mol. The third-order valence-electron chi connectivity index (χ3n) is 8.28. The maximum atomic E-state index is 11.7. The third-order valence-corrected chi connectivity index (χ3v) is 8.28. The van der Waals surface area contributed by atoms with Crippen LogP contribution in [0.3, 0.4) is 0 Å². The minimum Gasteiger partial charge on any atom is -0.497 e. The lowest BCUT2D eigenvalue weighted by molar-refractivity contribution is -0.0562. The first-order chi connectivity index (χ1) is 15.6. The molecule has 174 valence electrons. The molecule has 4 aliphatic heterocycles. The molecule has 6 nitrogen and oxygen atoms in total. The molecule has 0 amide bonds. The number of nitrogens with zero attached hydrogens (tertiary/aromatic N) is 3. The normalized spacial score (nSPS) is 31.1. The molecule has 5 heterocycles. The van der Waals surface area contributed by atoms with Crippen molar-refractivity contribution in [1.29, 1.82) is 0 Å². The van der Waals surface area contributed by atoms with Crippen LogP contribution in [-0.2, 0) is 0 Å². The van der Waals surface area contributed by atoms with Crippen molar-refractivity contribution in [2.75, 3.05) is 44.8 Å². The summed E-state index contributed by atoms with van der Waals surface area (Å²) < 4.78 is 5.50. The summed E-state index contributed by atoms with van der Waals surface area (Å²) in [5.41, 5.74) is 1.85. The molecule has 2 N–H and O–H groups in total. The van der Waals surface area contributed by atoms with Crippen LogP contribution in [0, 0.1) is 17.8 Å². The highest BCUT2D eigenvalue weighted by Crippen LogP contribution is 2.43. The number of anilines is 1. The van der Waals surface area contributed by atoms with Gasteiger partial charge in [-0.15, -0.1) is 0 Å². The lowest BCUT2D eigenvalue weighted by atomic mass is 9.72. The summed E-state index contributed by atoms with van der Waals surface area (Å²) in [4.78, 5) is 9.77. The van der Waals surface area contributed by atoms with Gasteiger partial charge in [0, 0.05) is 37.7 Å².